The number of hydrogen-bond donors (Lipinski definition) is 1. The average Bonchev–Trinajstić information content (AvgIpc) is 2.48. The molecule has 1 aromatic carbocycles. The zero-order chi connectivity index (χ0) is 16.1. The quantitative estimate of drug-likeness (QED) is 0.662. The Hall–Kier alpha value is -1.36. The number of benzene rings is 1. The van der Waals surface area contributed by atoms with Crippen molar-refractivity contribution in [3.05, 3.63) is 29.6 Å². The van der Waals surface area contributed by atoms with Crippen LogP contribution in [0, 0.1) is 11.7 Å². The van der Waals surface area contributed by atoms with Gasteiger partial charge in [-0.3, -0.25) is 9.59 Å². The van der Waals surface area contributed by atoms with Crippen LogP contribution < -0.4 is 5.32 Å². The largest absolute Gasteiger partial charge is 0.353 e. The molecule has 0 spiro atoms. The Morgan fingerprint density at radius 2 is 1.95 bits per heavy atom. The molecule has 22 heavy (non-hydrogen) atoms. The highest BCUT2D eigenvalue weighted by Crippen LogP contribution is 2.25. The van der Waals surface area contributed by atoms with Crippen LogP contribution >= 0.6 is 11.8 Å². The molecule has 1 N–H and O–H groups in total. The van der Waals surface area contributed by atoms with Gasteiger partial charge in [-0.25, -0.2) is 4.39 Å². The minimum absolute atomic E-state index is 0.0559. The summed E-state index contributed by atoms with van der Waals surface area (Å²) in [6.07, 6.45) is 4.36. The summed E-state index contributed by atoms with van der Waals surface area (Å²) in [6.45, 7) is 3.64. The third kappa shape index (κ3) is 4.83. The molecule has 0 heterocycles. The van der Waals surface area contributed by atoms with Gasteiger partial charge in [0.15, 0.2) is 5.78 Å². The molecule has 1 aliphatic rings. The lowest BCUT2D eigenvalue weighted by Gasteiger charge is -2.26. The number of halogens is 1. The summed E-state index contributed by atoms with van der Waals surface area (Å²) in [7, 11) is 0. The molecule has 0 unspecified atom stereocenters. The van der Waals surface area contributed by atoms with E-state index in [0.717, 1.165) is 31.6 Å². The van der Waals surface area contributed by atoms with Gasteiger partial charge in [0, 0.05) is 16.5 Å². The monoisotopic (exact) mass is 323 g/mol. The number of Topliss-reactive ketones (excluding diaryl/α,β-unsaturated/α-hetero) is 1. The van der Waals surface area contributed by atoms with Crippen molar-refractivity contribution in [3.8, 4) is 0 Å². The first-order chi connectivity index (χ1) is 10.5. The maximum absolute atomic E-state index is 13.9. The van der Waals surface area contributed by atoms with Crippen molar-refractivity contribution in [3.63, 3.8) is 0 Å². The number of carbonyl (C=O) groups is 2. The molecule has 0 radical (unpaired) electrons. The Morgan fingerprint density at radius 1 is 1.27 bits per heavy atom. The summed E-state index contributed by atoms with van der Waals surface area (Å²) in [6, 6.07) is 4.64. The lowest BCUT2D eigenvalue weighted by Crippen LogP contribution is -2.38. The predicted molar refractivity (Wildman–Crippen MR) is 86.7 cm³/mol. The molecule has 5 heteroatoms. The van der Waals surface area contributed by atoms with Crippen molar-refractivity contribution >= 4 is 23.5 Å². The molecule has 0 bridgehead atoms. The van der Waals surface area contributed by atoms with Gasteiger partial charge in [0.2, 0.25) is 5.91 Å². The molecule has 0 saturated heterocycles. The Bertz CT molecular complexity index is 554. The smallest absolute Gasteiger partial charge is 0.230 e. The number of thioether (sulfide) groups is 1. The van der Waals surface area contributed by atoms with E-state index >= 15 is 0 Å². The third-order valence-corrected chi connectivity index (χ3v) is 5.13. The van der Waals surface area contributed by atoms with E-state index in [-0.39, 0.29) is 23.5 Å². The van der Waals surface area contributed by atoms with E-state index < -0.39 is 5.82 Å². The summed E-state index contributed by atoms with van der Waals surface area (Å²) in [5.41, 5.74) is 0.350. The molecule has 120 valence electrons. The van der Waals surface area contributed by atoms with Crippen molar-refractivity contribution in [2.24, 2.45) is 5.92 Å². The van der Waals surface area contributed by atoms with Crippen LogP contribution in [0.5, 0.6) is 0 Å². The normalized spacial score (nSPS) is 21.4. The number of hydrogen-bond acceptors (Lipinski definition) is 3. The van der Waals surface area contributed by atoms with E-state index in [0.29, 0.717) is 10.5 Å². The van der Waals surface area contributed by atoms with Gasteiger partial charge in [-0.05, 0) is 50.7 Å². The second-order valence-corrected chi connectivity index (χ2v) is 7.03. The predicted octanol–water partition coefficient (Wildman–Crippen LogP) is 3.82. The molecule has 0 aromatic heterocycles. The summed E-state index contributed by atoms with van der Waals surface area (Å²) in [5, 5.41) is 3.02. The Morgan fingerprint density at radius 3 is 2.55 bits per heavy atom. The zero-order valence-electron chi connectivity index (χ0n) is 13.0. The van der Waals surface area contributed by atoms with Gasteiger partial charge in [-0.2, -0.15) is 0 Å². The van der Waals surface area contributed by atoms with Gasteiger partial charge in [0.05, 0.1) is 5.75 Å². The number of carbonyl (C=O) groups excluding carboxylic acids is 2. The van der Waals surface area contributed by atoms with Crippen LogP contribution in [0.4, 0.5) is 4.39 Å². The molecule has 1 amide bonds. The highest BCUT2D eigenvalue weighted by Gasteiger charge is 2.19. The summed E-state index contributed by atoms with van der Waals surface area (Å²) < 4.78 is 13.9. The van der Waals surface area contributed by atoms with Gasteiger partial charge in [-0.15, -0.1) is 11.8 Å². The number of rotatable bonds is 5. The van der Waals surface area contributed by atoms with Gasteiger partial charge in [0.1, 0.15) is 5.82 Å². The van der Waals surface area contributed by atoms with Crippen LogP contribution in [-0.2, 0) is 4.79 Å². The maximum Gasteiger partial charge on any atom is 0.230 e. The van der Waals surface area contributed by atoms with Crippen molar-refractivity contribution in [2.45, 2.75) is 50.5 Å². The van der Waals surface area contributed by atoms with Crippen LogP contribution in [-0.4, -0.2) is 23.5 Å². The molecular weight excluding hydrogens is 301 g/mol. The second kappa shape index (κ2) is 7.77. The van der Waals surface area contributed by atoms with E-state index in [2.05, 4.69) is 12.2 Å². The lowest BCUT2D eigenvalue weighted by atomic mass is 9.87. The number of ketones is 1. The third-order valence-electron chi connectivity index (χ3n) is 4.08. The van der Waals surface area contributed by atoms with E-state index in [1.807, 2.05) is 0 Å². The first-order valence-corrected chi connectivity index (χ1v) is 8.67. The summed E-state index contributed by atoms with van der Waals surface area (Å²) in [4.78, 5) is 23.5. The van der Waals surface area contributed by atoms with Crippen molar-refractivity contribution in [1.82, 2.24) is 5.32 Å². The van der Waals surface area contributed by atoms with Gasteiger partial charge in [-0.1, -0.05) is 13.0 Å². The van der Waals surface area contributed by atoms with Crippen molar-refractivity contribution in [2.75, 3.05) is 5.75 Å². The molecule has 0 aliphatic heterocycles. The molecule has 1 saturated carbocycles. The summed E-state index contributed by atoms with van der Waals surface area (Å²) >= 11 is 1.17. The molecule has 1 aliphatic carbocycles. The van der Waals surface area contributed by atoms with Crippen LogP contribution in [0.25, 0.3) is 0 Å². The van der Waals surface area contributed by atoms with Crippen molar-refractivity contribution < 1.29 is 14.0 Å². The summed E-state index contributed by atoms with van der Waals surface area (Å²) in [5.74, 6) is 0.273. The van der Waals surface area contributed by atoms with Crippen LogP contribution in [0.2, 0.25) is 0 Å². The highest BCUT2D eigenvalue weighted by molar-refractivity contribution is 8.00. The SMILES string of the molecule is CC(=O)c1ccc(SCC(=O)NC2CCC(C)CC2)c(F)c1. The average molecular weight is 323 g/mol. The molecule has 1 fully saturated rings. The fourth-order valence-corrected chi connectivity index (χ4v) is 3.38. The topological polar surface area (TPSA) is 46.2 Å². The Labute approximate surface area is 135 Å². The minimum atomic E-state index is -0.447. The van der Waals surface area contributed by atoms with Crippen molar-refractivity contribution in [1.29, 1.82) is 0 Å². The Kier molecular flexibility index (Phi) is 6.00. The fourth-order valence-electron chi connectivity index (χ4n) is 2.65. The maximum atomic E-state index is 13.9. The fraction of sp³-hybridized carbons (Fsp3) is 0.529. The van der Waals surface area contributed by atoms with Gasteiger partial charge >= 0.3 is 0 Å². The lowest BCUT2D eigenvalue weighted by molar-refractivity contribution is -0.119. The standard InChI is InChI=1S/C17H22FNO2S/c1-11-3-6-14(7-4-11)19-17(21)10-22-16-8-5-13(12(2)20)9-15(16)18/h5,8-9,11,14H,3-4,6-7,10H2,1-2H3,(H,19,21). The first-order valence-electron chi connectivity index (χ1n) is 7.68. The van der Waals surface area contributed by atoms with Crippen LogP contribution in [0.3, 0.4) is 0 Å². The minimum Gasteiger partial charge on any atom is -0.353 e. The molecule has 2 rings (SSSR count). The van der Waals surface area contributed by atoms with E-state index in [4.69, 9.17) is 0 Å². The first kappa shape index (κ1) is 17.0. The zero-order valence-corrected chi connectivity index (χ0v) is 13.8. The second-order valence-electron chi connectivity index (χ2n) is 6.01. The number of nitrogens with one attached hydrogen (secondary N) is 1. The van der Waals surface area contributed by atoms with E-state index in [9.17, 15) is 14.0 Å². The van der Waals surface area contributed by atoms with E-state index in [1.165, 1.54) is 24.8 Å². The molecular formula is C17H22FNO2S. The van der Waals surface area contributed by atoms with E-state index in [1.54, 1.807) is 12.1 Å². The van der Waals surface area contributed by atoms with Crippen LogP contribution in [0.15, 0.2) is 23.1 Å². The van der Waals surface area contributed by atoms with Gasteiger partial charge in [0.25, 0.3) is 0 Å². The molecule has 1 aromatic rings. The van der Waals surface area contributed by atoms with Crippen LogP contribution in [0.1, 0.15) is 49.9 Å². The molecule has 3 nitrogen and oxygen atoms in total. The highest BCUT2D eigenvalue weighted by atomic mass is 32.2. The van der Waals surface area contributed by atoms with Gasteiger partial charge < -0.3 is 5.32 Å². The number of amides is 1. The Balaban J connectivity index is 1.82. The molecule has 0 atom stereocenters.